The topological polar surface area (TPSA) is 40.6 Å². The molecule has 2 aliphatic rings. The van der Waals surface area contributed by atoms with Crippen molar-refractivity contribution in [3.63, 3.8) is 0 Å². The molecule has 1 saturated heterocycles. The molecule has 1 atom stereocenters. The number of rotatable bonds is 3. The van der Waals surface area contributed by atoms with E-state index in [4.69, 9.17) is 0 Å². The first kappa shape index (κ1) is 16.3. The molecule has 1 heterocycles. The SMILES string of the molecule is CC(C)C(=O)N1CCCC(C(=O)N(C)C2CCCCC2)C1. The summed E-state index contributed by atoms with van der Waals surface area (Å²) in [5.74, 6) is 0.472. The summed E-state index contributed by atoms with van der Waals surface area (Å²) >= 11 is 0. The maximum atomic E-state index is 12.7. The van der Waals surface area contributed by atoms with Crippen molar-refractivity contribution in [2.24, 2.45) is 11.8 Å². The van der Waals surface area contributed by atoms with Crippen LogP contribution in [0.25, 0.3) is 0 Å². The summed E-state index contributed by atoms with van der Waals surface area (Å²) in [5, 5.41) is 0. The van der Waals surface area contributed by atoms with Gasteiger partial charge in [0.1, 0.15) is 0 Å². The highest BCUT2D eigenvalue weighted by molar-refractivity contribution is 5.82. The highest BCUT2D eigenvalue weighted by atomic mass is 16.2. The normalized spacial score (nSPS) is 24.2. The summed E-state index contributed by atoms with van der Waals surface area (Å²) < 4.78 is 0. The molecular weight excluding hydrogens is 264 g/mol. The zero-order valence-corrected chi connectivity index (χ0v) is 13.8. The van der Waals surface area contributed by atoms with Crippen LogP contribution in [-0.2, 0) is 9.59 Å². The molecule has 4 nitrogen and oxygen atoms in total. The fourth-order valence-corrected chi connectivity index (χ4v) is 3.68. The van der Waals surface area contributed by atoms with E-state index in [1.165, 1.54) is 19.3 Å². The standard InChI is InChI=1S/C17H30N2O2/c1-13(2)16(20)19-11-7-8-14(12-19)17(21)18(3)15-9-5-4-6-10-15/h13-15H,4-12H2,1-3H3. The molecule has 2 fully saturated rings. The Balaban J connectivity index is 1.93. The predicted octanol–water partition coefficient (Wildman–Crippen LogP) is 2.67. The van der Waals surface area contributed by atoms with E-state index in [-0.39, 0.29) is 23.7 Å². The van der Waals surface area contributed by atoms with Crippen molar-refractivity contribution in [3.8, 4) is 0 Å². The van der Waals surface area contributed by atoms with Crippen LogP contribution in [0.15, 0.2) is 0 Å². The van der Waals surface area contributed by atoms with E-state index in [9.17, 15) is 9.59 Å². The molecule has 0 aromatic rings. The average Bonchev–Trinajstić information content (AvgIpc) is 2.53. The highest BCUT2D eigenvalue weighted by Crippen LogP contribution is 2.25. The Labute approximate surface area is 128 Å². The predicted molar refractivity (Wildman–Crippen MR) is 83.8 cm³/mol. The van der Waals surface area contributed by atoms with E-state index in [0.29, 0.717) is 12.6 Å². The zero-order valence-electron chi connectivity index (χ0n) is 13.8. The molecule has 2 rings (SSSR count). The summed E-state index contributed by atoms with van der Waals surface area (Å²) in [4.78, 5) is 28.7. The minimum atomic E-state index is 0.00776. The first-order valence-corrected chi connectivity index (χ1v) is 8.56. The highest BCUT2D eigenvalue weighted by Gasteiger charge is 2.33. The van der Waals surface area contributed by atoms with Crippen molar-refractivity contribution in [2.75, 3.05) is 20.1 Å². The Kier molecular flexibility index (Phi) is 5.65. The molecule has 0 bridgehead atoms. The lowest BCUT2D eigenvalue weighted by atomic mass is 9.91. The minimum Gasteiger partial charge on any atom is -0.342 e. The Morgan fingerprint density at radius 1 is 1.05 bits per heavy atom. The molecule has 21 heavy (non-hydrogen) atoms. The van der Waals surface area contributed by atoms with Crippen LogP contribution in [0.1, 0.15) is 58.8 Å². The number of carbonyl (C=O) groups is 2. The third-order valence-corrected chi connectivity index (χ3v) is 5.05. The zero-order chi connectivity index (χ0) is 15.4. The Morgan fingerprint density at radius 3 is 2.33 bits per heavy atom. The molecule has 1 aliphatic heterocycles. The molecule has 1 aliphatic carbocycles. The van der Waals surface area contributed by atoms with Crippen molar-refractivity contribution < 1.29 is 9.59 Å². The number of nitrogens with zero attached hydrogens (tertiary/aromatic N) is 2. The quantitative estimate of drug-likeness (QED) is 0.803. The maximum Gasteiger partial charge on any atom is 0.227 e. The van der Waals surface area contributed by atoms with Crippen LogP contribution in [0.4, 0.5) is 0 Å². The maximum absolute atomic E-state index is 12.7. The van der Waals surface area contributed by atoms with Crippen LogP contribution in [0.5, 0.6) is 0 Å². The van der Waals surface area contributed by atoms with Gasteiger partial charge in [0.15, 0.2) is 0 Å². The molecule has 2 amide bonds. The van der Waals surface area contributed by atoms with Crippen LogP contribution >= 0.6 is 0 Å². The Hall–Kier alpha value is -1.06. The van der Waals surface area contributed by atoms with Gasteiger partial charge in [-0.3, -0.25) is 9.59 Å². The lowest BCUT2D eigenvalue weighted by Crippen LogP contribution is -2.49. The van der Waals surface area contributed by atoms with Crippen molar-refractivity contribution in [1.82, 2.24) is 9.80 Å². The van der Waals surface area contributed by atoms with E-state index < -0.39 is 0 Å². The van der Waals surface area contributed by atoms with Gasteiger partial charge >= 0.3 is 0 Å². The van der Waals surface area contributed by atoms with Crippen molar-refractivity contribution >= 4 is 11.8 Å². The van der Waals surface area contributed by atoms with E-state index in [2.05, 4.69) is 0 Å². The molecule has 1 unspecified atom stereocenters. The lowest BCUT2D eigenvalue weighted by molar-refractivity contribution is -0.143. The molecule has 0 N–H and O–H groups in total. The van der Waals surface area contributed by atoms with E-state index in [1.54, 1.807) is 0 Å². The molecule has 4 heteroatoms. The van der Waals surface area contributed by atoms with Crippen molar-refractivity contribution in [2.45, 2.75) is 64.8 Å². The van der Waals surface area contributed by atoms with E-state index in [1.807, 2.05) is 30.7 Å². The van der Waals surface area contributed by atoms with Gasteiger partial charge in [-0.15, -0.1) is 0 Å². The Morgan fingerprint density at radius 2 is 1.71 bits per heavy atom. The summed E-state index contributed by atoms with van der Waals surface area (Å²) in [6.07, 6.45) is 7.95. The lowest BCUT2D eigenvalue weighted by Gasteiger charge is -2.38. The Bertz CT molecular complexity index is 375. The molecular formula is C17H30N2O2. The van der Waals surface area contributed by atoms with Gasteiger partial charge in [0, 0.05) is 32.1 Å². The molecule has 120 valence electrons. The second-order valence-electron chi connectivity index (χ2n) is 7.02. The van der Waals surface area contributed by atoms with Crippen LogP contribution in [0.2, 0.25) is 0 Å². The van der Waals surface area contributed by atoms with Crippen molar-refractivity contribution in [1.29, 1.82) is 0 Å². The number of carbonyl (C=O) groups excluding carboxylic acids is 2. The summed E-state index contributed by atoms with van der Waals surface area (Å²) in [5.41, 5.74) is 0. The molecule has 1 saturated carbocycles. The fourth-order valence-electron chi connectivity index (χ4n) is 3.68. The molecule has 0 aromatic heterocycles. The van der Waals surface area contributed by atoms with Gasteiger partial charge in [-0.25, -0.2) is 0 Å². The first-order chi connectivity index (χ1) is 10.0. The first-order valence-electron chi connectivity index (χ1n) is 8.56. The smallest absolute Gasteiger partial charge is 0.227 e. The fraction of sp³-hybridized carbons (Fsp3) is 0.882. The number of hydrogen-bond acceptors (Lipinski definition) is 2. The van der Waals surface area contributed by atoms with E-state index in [0.717, 1.165) is 32.2 Å². The minimum absolute atomic E-state index is 0.00776. The second-order valence-corrected chi connectivity index (χ2v) is 7.02. The third-order valence-electron chi connectivity index (χ3n) is 5.05. The van der Waals surface area contributed by atoms with Gasteiger partial charge in [0.05, 0.1) is 5.92 Å². The second kappa shape index (κ2) is 7.28. The molecule has 0 radical (unpaired) electrons. The van der Waals surface area contributed by atoms with Gasteiger partial charge in [-0.05, 0) is 25.7 Å². The van der Waals surface area contributed by atoms with Crippen LogP contribution < -0.4 is 0 Å². The summed E-state index contributed by atoms with van der Waals surface area (Å²) in [6.45, 7) is 5.30. The van der Waals surface area contributed by atoms with Crippen LogP contribution in [-0.4, -0.2) is 47.8 Å². The summed E-state index contributed by atoms with van der Waals surface area (Å²) in [7, 11) is 1.96. The largest absolute Gasteiger partial charge is 0.342 e. The molecule has 0 aromatic carbocycles. The van der Waals surface area contributed by atoms with Crippen LogP contribution in [0, 0.1) is 11.8 Å². The number of amides is 2. The van der Waals surface area contributed by atoms with Gasteiger partial charge in [0.25, 0.3) is 0 Å². The summed E-state index contributed by atoms with van der Waals surface area (Å²) in [6, 6.07) is 0.419. The van der Waals surface area contributed by atoms with E-state index >= 15 is 0 Å². The van der Waals surface area contributed by atoms with Crippen molar-refractivity contribution in [3.05, 3.63) is 0 Å². The average molecular weight is 294 g/mol. The van der Waals surface area contributed by atoms with Gasteiger partial charge < -0.3 is 9.80 Å². The third kappa shape index (κ3) is 3.98. The monoisotopic (exact) mass is 294 g/mol. The van der Waals surface area contributed by atoms with Crippen LogP contribution in [0.3, 0.4) is 0 Å². The van der Waals surface area contributed by atoms with Gasteiger partial charge in [0.2, 0.25) is 11.8 Å². The van der Waals surface area contributed by atoms with Gasteiger partial charge in [-0.2, -0.15) is 0 Å². The van der Waals surface area contributed by atoms with Gasteiger partial charge in [-0.1, -0.05) is 33.1 Å². The number of piperidine rings is 1. The number of hydrogen-bond donors (Lipinski definition) is 0. The number of likely N-dealkylation sites (tertiary alicyclic amines) is 1. The molecule has 0 spiro atoms.